The smallest absolute Gasteiger partial charge is 0.207 e. The highest BCUT2D eigenvalue weighted by atomic mass is 32.2. The van der Waals surface area contributed by atoms with Crippen molar-refractivity contribution in [2.24, 2.45) is 0 Å². The zero-order valence-corrected chi connectivity index (χ0v) is 16.0. The molecule has 1 saturated heterocycles. The predicted molar refractivity (Wildman–Crippen MR) is 97.4 cm³/mol. The summed E-state index contributed by atoms with van der Waals surface area (Å²) in [5.74, 6) is 0. The first-order valence-electron chi connectivity index (χ1n) is 8.02. The van der Waals surface area contributed by atoms with E-state index in [-0.39, 0.29) is 16.3 Å². The molecule has 1 N–H and O–H groups in total. The molecule has 25 heavy (non-hydrogen) atoms. The number of hydrogen-bond donors (Lipinski definition) is 1. The fourth-order valence-corrected chi connectivity index (χ4v) is 5.97. The Hall–Kier alpha value is -1.26. The van der Waals surface area contributed by atoms with Crippen molar-refractivity contribution in [1.82, 2.24) is 9.03 Å². The van der Waals surface area contributed by atoms with E-state index in [4.69, 9.17) is 0 Å². The maximum absolute atomic E-state index is 12.6. The molecule has 1 aromatic heterocycles. The summed E-state index contributed by atoms with van der Waals surface area (Å²) in [6, 6.07) is 9.12. The number of benzene rings is 1. The van der Waals surface area contributed by atoms with Gasteiger partial charge in [0, 0.05) is 24.5 Å². The molecule has 1 fully saturated rings. The summed E-state index contributed by atoms with van der Waals surface area (Å²) in [5.41, 5.74) is 0. The lowest BCUT2D eigenvalue weighted by Crippen LogP contribution is -2.35. The van der Waals surface area contributed by atoms with Crippen molar-refractivity contribution in [2.75, 3.05) is 13.1 Å². The maximum atomic E-state index is 12.6. The van der Waals surface area contributed by atoms with Gasteiger partial charge in [0.1, 0.15) is 0 Å². The van der Waals surface area contributed by atoms with Gasteiger partial charge >= 0.3 is 0 Å². The Kier molecular flexibility index (Phi) is 5.59. The summed E-state index contributed by atoms with van der Waals surface area (Å²) in [6.07, 6.45) is 2.76. The summed E-state index contributed by atoms with van der Waals surface area (Å²) in [6.45, 7) is 1.25. The van der Waals surface area contributed by atoms with Gasteiger partial charge in [-0.15, -0.1) is 11.3 Å². The Morgan fingerprint density at radius 1 is 0.920 bits per heavy atom. The monoisotopic (exact) mass is 400 g/mol. The number of thiophene rings is 1. The summed E-state index contributed by atoms with van der Waals surface area (Å²) in [4.78, 5) is 1.10. The van der Waals surface area contributed by atoms with Gasteiger partial charge in [0.25, 0.3) is 0 Å². The highest BCUT2D eigenvalue weighted by molar-refractivity contribution is 7.89. The molecule has 9 heteroatoms. The Morgan fingerprint density at radius 2 is 1.56 bits per heavy atom. The van der Waals surface area contributed by atoms with Crippen LogP contribution < -0.4 is 4.72 Å². The lowest BCUT2D eigenvalue weighted by molar-refractivity contribution is 0.346. The molecule has 0 unspecified atom stereocenters. The number of hydrogen-bond acceptors (Lipinski definition) is 5. The Morgan fingerprint density at radius 3 is 2.16 bits per heavy atom. The molecule has 0 bridgehead atoms. The van der Waals surface area contributed by atoms with E-state index in [1.54, 1.807) is 0 Å². The van der Waals surface area contributed by atoms with Crippen molar-refractivity contribution < 1.29 is 16.8 Å². The zero-order valence-electron chi connectivity index (χ0n) is 13.6. The lowest BCUT2D eigenvalue weighted by Gasteiger charge is -2.25. The van der Waals surface area contributed by atoms with Crippen LogP contribution in [-0.2, 0) is 26.6 Å². The molecule has 1 aliphatic rings. The van der Waals surface area contributed by atoms with E-state index in [0.717, 1.165) is 24.1 Å². The van der Waals surface area contributed by atoms with Gasteiger partial charge < -0.3 is 0 Å². The molecule has 0 aliphatic carbocycles. The van der Waals surface area contributed by atoms with E-state index >= 15 is 0 Å². The Labute approximate surface area is 152 Å². The first kappa shape index (κ1) is 18.5. The highest BCUT2D eigenvalue weighted by Crippen LogP contribution is 2.22. The van der Waals surface area contributed by atoms with Crippen LogP contribution in [0.1, 0.15) is 24.1 Å². The van der Waals surface area contributed by atoms with Crippen molar-refractivity contribution in [3.8, 4) is 0 Å². The quantitative estimate of drug-likeness (QED) is 0.807. The fraction of sp³-hybridized carbons (Fsp3) is 0.375. The normalized spacial score (nSPS) is 16.8. The fourth-order valence-electron chi connectivity index (χ4n) is 2.71. The average Bonchev–Trinajstić information content (AvgIpc) is 3.15. The second-order valence-electron chi connectivity index (χ2n) is 5.84. The molecule has 0 spiro atoms. The Bertz CT molecular complexity index is 899. The van der Waals surface area contributed by atoms with Crippen LogP contribution in [0.25, 0.3) is 0 Å². The summed E-state index contributed by atoms with van der Waals surface area (Å²) < 4.78 is 53.8. The maximum Gasteiger partial charge on any atom is 0.243 e. The summed E-state index contributed by atoms with van der Waals surface area (Å²) in [7, 11) is -7.23. The van der Waals surface area contributed by atoms with Crippen LogP contribution in [0.4, 0.5) is 0 Å². The predicted octanol–water partition coefficient (Wildman–Crippen LogP) is 2.40. The van der Waals surface area contributed by atoms with E-state index in [0.29, 0.717) is 13.1 Å². The molecule has 0 radical (unpaired) electrons. The molecule has 1 aromatic carbocycles. The third kappa shape index (κ3) is 4.29. The van der Waals surface area contributed by atoms with Crippen LogP contribution in [-0.4, -0.2) is 34.2 Å². The number of rotatable bonds is 6. The SMILES string of the molecule is O=S(=O)(NCc1cccs1)c1ccc(S(=O)(=O)N2CCCCC2)cc1. The molecule has 136 valence electrons. The molecule has 1 aliphatic heterocycles. The van der Waals surface area contributed by atoms with Crippen molar-refractivity contribution in [1.29, 1.82) is 0 Å². The van der Waals surface area contributed by atoms with Gasteiger partial charge in [0.05, 0.1) is 9.79 Å². The van der Waals surface area contributed by atoms with Crippen LogP contribution in [0.15, 0.2) is 51.6 Å². The minimum absolute atomic E-state index is 0.0571. The topological polar surface area (TPSA) is 83.5 Å². The van der Waals surface area contributed by atoms with Gasteiger partial charge in [-0.1, -0.05) is 12.5 Å². The first-order valence-corrected chi connectivity index (χ1v) is 11.8. The third-order valence-electron chi connectivity index (χ3n) is 4.10. The highest BCUT2D eigenvalue weighted by Gasteiger charge is 2.26. The summed E-state index contributed by atoms with van der Waals surface area (Å²) >= 11 is 1.47. The van der Waals surface area contributed by atoms with E-state index in [9.17, 15) is 16.8 Å². The third-order valence-corrected chi connectivity index (χ3v) is 8.31. The van der Waals surface area contributed by atoms with Crippen LogP contribution in [0, 0.1) is 0 Å². The van der Waals surface area contributed by atoms with Crippen molar-refractivity contribution in [2.45, 2.75) is 35.6 Å². The van der Waals surface area contributed by atoms with Crippen molar-refractivity contribution >= 4 is 31.4 Å². The minimum atomic E-state index is -3.68. The van der Waals surface area contributed by atoms with Crippen LogP contribution in [0.2, 0.25) is 0 Å². The molecule has 0 atom stereocenters. The number of nitrogens with zero attached hydrogens (tertiary/aromatic N) is 1. The second-order valence-corrected chi connectivity index (χ2v) is 10.6. The Balaban J connectivity index is 1.74. The number of sulfonamides is 2. The van der Waals surface area contributed by atoms with Gasteiger partial charge in [-0.25, -0.2) is 21.6 Å². The molecule has 2 aromatic rings. The van der Waals surface area contributed by atoms with Crippen LogP contribution in [0.3, 0.4) is 0 Å². The van der Waals surface area contributed by atoms with Crippen molar-refractivity contribution in [3.05, 3.63) is 46.7 Å². The second kappa shape index (κ2) is 7.55. The number of nitrogens with one attached hydrogen (secondary N) is 1. The minimum Gasteiger partial charge on any atom is -0.207 e. The standard InChI is InChI=1S/C16H20N2O4S3/c19-24(20,17-13-14-5-4-12-23-14)15-6-8-16(9-7-15)25(21,22)18-10-2-1-3-11-18/h4-9,12,17H,1-3,10-11,13H2. The molecule has 2 heterocycles. The molecular weight excluding hydrogens is 380 g/mol. The zero-order chi connectivity index (χ0) is 17.9. The molecular formula is C16H20N2O4S3. The van der Waals surface area contributed by atoms with Crippen LogP contribution in [0.5, 0.6) is 0 Å². The molecule has 0 amide bonds. The van der Waals surface area contributed by atoms with Gasteiger partial charge in [0.2, 0.25) is 20.0 Å². The van der Waals surface area contributed by atoms with E-state index in [1.807, 2.05) is 17.5 Å². The lowest BCUT2D eigenvalue weighted by atomic mass is 10.2. The average molecular weight is 401 g/mol. The van der Waals surface area contributed by atoms with Gasteiger partial charge in [-0.05, 0) is 48.6 Å². The van der Waals surface area contributed by atoms with E-state index < -0.39 is 20.0 Å². The first-order chi connectivity index (χ1) is 11.9. The van der Waals surface area contributed by atoms with E-state index in [1.165, 1.54) is 39.9 Å². The van der Waals surface area contributed by atoms with E-state index in [2.05, 4.69) is 4.72 Å². The largest absolute Gasteiger partial charge is 0.243 e. The summed E-state index contributed by atoms with van der Waals surface area (Å²) in [5, 5.41) is 1.88. The van der Waals surface area contributed by atoms with Gasteiger partial charge in [0.15, 0.2) is 0 Å². The van der Waals surface area contributed by atoms with Gasteiger partial charge in [-0.3, -0.25) is 0 Å². The van der Waals surface area contributed by atoms with Crippen LogP contribution >= 0.6 is 11.3 Å². The molecule has 3 rings (SSSR count). The van der Waals surface area contributed by atoms with Gasteiger partial charge in [-0.2, -0.15) is 4.31 Å². The molecule has 6 nitrogen and oxygen atoms in total. The number of piperidine rings is 1. The van der Waals surface area contributed by atoms with Crippen molar-refractivity contribution in [3.63, 3.8) is 0 Å². The molecule has 0 saturated carbocycles.